The maximum absolute atomic E-state index is 11.6. The summed E-state index contributed by atoms with van der Waals surface area (Å²) in [5, 5.41) is 21.8. The molecular formula is C11H7BrN2O4. The van der Waals surface area contributed by atoms with E-state index in [0.29, 0.717) is 5.69 Å². The van der Waals surface area contributed by atoms with Gasteiger partial charge in [0.25, 0.3) is 5.56 Å². The SMILES string of the molecule is O=C(O)c1nn(-c2ccc(Br)cc2)c(=O)cc1O. The molecule has 0 aliphatic carbocycles. The molecule has 7 heteroatoms. The van der Waals surface area contributed by atoms with Crippen LogP contribution in [-0.4, -0.2) is 26.0 Å². The van der Waals surface area contributed by atoms with E-state index in [1.54, 1.807) is 24.3 Å². The summed E-state index contributed by atoms with van der Waals surface area (Å²) in [4.78, 5) is 22.5. The summed E-state index contributed by atoms with van der Waals surface area (Å²) < 4.78 is 1.73. The molecule has 0 spiro atoms. The quantitative estimate of drug-likeness (QED) is 0.874. The van der Waals surface area contributed by atoms with E-state index < -0.39 is 23.0 Å². The number of carboxylic acid groups (broad SMARTS) is 1. The highest BCUT2D eigenvalue weighted by atomic mass is 79.9. The van der Waals surface area contributed by atoms with Gasteiger partial charge in [-0.25, -0.2) is 4.79 Å². The summed E-state index contributed by atoms with van der Waals surface area (Å²) in [5.41, 5.74) is -0.775. The van der Waals surface area contributed by atoms with E-state index in [-0.39, 0.29) is 0 Å². The fourth-order valence-electron chi connectivity index (χ4n) is 1.37. The number of halogens is 1. The highest BCUT2D eigenvalue weighted by Gasteiger charge is 2.15. The first kappa shape index (κ1) is 12.3. The van der Waals surface area contributed by atoms with Crippen molar-refractivity contribution in [3.63, 3.8) is 0 Å². The maximum atomic E-state index is 11.6. The minimum Gasteiger partial charge on any atom is -0.505 e. The molecule has 0 amide bonds. The van der Waals surface area contributed by atoms with Gasteiger partial charge >= 0.3 is 5.97 Å². The Kier molecular flexibility index (Phi) is 3.15. The van der Waals surface area contributed by atoms with Crippen LogP contribution in [0, 0.1) is 0 Å². The molecule has 1 aromatic heterocycles. The average Bonchev–Trinajstić information content (AvgIpc) is 2.30. The Balaban J connectivity index is 2.64. The van der Waals surface area contributed by atoms with Crippen LogP contribution in [0.15, 0.2) is 39.6 Å². The van der Waals surface area contributed by atoms with Gasteiger partial charge in [-0.15, -0.1) is 0 Å². The van der Waals surface area contributed by atoms with Gasteiger partial charge in [-0.05, 0) is 24.3 Å². The third-order valence-corrected chi connectivity index (χ3v) is 2.71. The number of aromatic hydroxyl groups is 1. The second kappa shape index (κ2) is 4.61. The normalized spacial score (nSPS) is 10.3. The van der Waals surface area contributed by atoms with E-state index >= 15 is 0 Å². The van der Waals surface area contributed by atoms with Crippen LogP contribution >= 0.6 is 15.9 Å². The minimum absolute atomic E-state index is 0.408. The van der Waals surface area contributed by atoms with Gasteiger partial charge in [-0.2, -0.15) is 9.78 Å². The van der Waals surface area contributed by atoms with Crippen LogP contribution in [0.3, 0.4) is 0 Å². The van der Waals surface area contributed by atoms with Crippen molar-refractivity contribution >= 4 is 21.9 Å². The third kappa shape index (κ3) is 2.25. The summed E-state index contributed by atoms with van der Waals surface area (Å²) in [7, 11) is 0. The van der Waals surface area contributed by atoms with Crippen molar-refractivity contribution in [2.75, 3.05) is 0 Å². The van der Waals surface area contributed by atoms with Crippen molar-refractivity contribution in [2.45, 2.75) is 0 Å². The zero-order valence-corrected chi connectivity index (χ0v) is 10.5. The van der Waals surface area contributed by atoms with E-state index in [9.17, 15) is 14.7 Å². The second-order valence-electron chi connectivity index (χ2n) is 3.41. The second-order valence-corrected chi connectivity index (χ2v) is 4.33. The topological polar surface area (TPSA) is 92.4 Å². The highest BCUT2D eigenvalue weighted by Crippen LogP contribution is 2.15. The van der Waals surface area contributed by atoms with E-state index in [1.165, 1.54) is 0 Å². The Morgan fingerprint density at radius 2 is 1.89 bits per heavy atom. The smallest absolute Gasteiger partial charge is 0.360 e. The van der Waals surface area contributed by atoms with Crippen molar-refractivity contribution in [1.29, 1.82) is 0 Å². The van der Waals surface area contributed by atoms with Gasteiger partial charge in [0.2, 0.25) is 5.69 Å². The number of rotatable bonds is 2. The largest absolute Gasteiger partial charge is 0.505 e. The van der Waals surface area contributed by atoms with Crippen molar-refractivity contribution < 1.29 is 15.0 Å². The Morgan fingerprint density at radius 3 is 2.44 bits per heavy atom. The Morgan fingerprint density at radius 1 is 1.28 bits per heavy atom. The van der Waals surface area contributed by atoms with Crippen molar-refractivity contribution in [2.24, 2.45) is 0 Å². The summed E-state index contributed by atoms with van der Waals surface area (Å²) in [6.45, 7) is 0. The van der Waals surface area contributed by atoms with Crippen molar-refractivity contribution in [3.05, 3.63) is 50.9 Å². The number of aromatic nitrogens is 2. The molecule has 0 atom stereocenters. The van der Waals surface area contributed by atoms with Gasteiger partial charge in [0.1, 0.15) is 0 Å². The first-order valence-electron chi connectivity index (χ1n) is 4.81. The van der Waals surface area contributed by atoms with Crippen LogP contribution in [0.1, 0.15) is 10.5 Å². The lowest BCUT2D eigenvalue weighted by molar-refractivity contribution is 0.0684. The number of carbonyl (C=O) groups is 1. The minimum atomic E-state index is -1.40. The lowest BCUT2D eigenvalue weighted by Gasteiger charge is -2.06. The first-order valence-corrected chi connectivity index (χ1v) is 5.61. The molecule has 18 heavy (non-hydrogen) atoms. The molecule has 6 nitrogen and oxygen atoms in total. The van der Waals surface area contributed by atoms with Crippen LogP contribution in [0.2, 0.25) is 0 Å². The number of benzene rings is 1. The summed E-state index contributed by atoms with van der Waals surface area (Å²) in [5.74, 6) is -2.06. The molecule has 1 heterocycles. The number of nitrogens with zero attached hydrogens (tertiary/aromatic N) is 2. The van der Waals surface area contributed by atoms with Crippen LogP contribution in [0.25, 0.3) is 5.69 Å². The van der Waals surface area contributed by atoms with Crippen LogP contribution in [0.4, 0.5) is 0 Å². The standard InChI is InChI=1S/C11H7BrN2O4/c12-6-1-3-7(4-2-6)14-9(16)5-8(15)10(13-14)11(17)18/h1-5,15H,(H,17,18). The zero-order valence-electron chi connectivity index (χ0n) is 8.87. The van der Waals surface area contributed by atoms with Crippen molar-refractivity contribution in [1.82, 2.24) is 9.78 Å². The highest BCUT2D eigenvalue weighted by molar-refractivity contribution is 9.10. The molecule has 1 aromatic carbocycles. The monoisotopic (exact) mass is 310 g/mol. The lowest BCUT2D eigenvalue weighted by atomic mass is 10.3. The number of aromatic carboxylic acids is 1. The molecule has 0 bridgehead atoms. The first-order chi connectivity index (χ1) is 8.49. The molecule has 2 N–H and O–H groups in total. The summed E-state index contributed by atoms with van der Waals surface area (Å²) in [6, 6.07) is 7.40. The predicted molar refractivity (Wildman–Crippen MR) is 66.2 cm³/mol. The molecule has 2 aromatic rings. The molecule has 0 unspecified atom stereocenters. The molecule has 0 aliphatic rings. The Bertz CT molecular complexity index is 664. The van der Waals surface area contributed by atoms with E-state index in [2.05, 4.69) is 21.0 Å². The maximum Gasteiger partial charge on any atom is 0.360 e. The predicted octanol–water partition coefficient (Wildman–Crippen LogP) is 1.40. The van der Waals surface area contributed by atoms with Crippen LogP contribution < -0.4 is 5.56 Å². The summed E-state index contributed by atoms with van der Waals surface area (Å²) in [6.07, 6.45) is 0. The van der Waals surface area contributed by atoms with Gasteiger partial charge in [0.05, 0.1) is 5.69 Å². The van der Waals surface area contributed by atoms with Crippen molar-refractivity contribution in [3.8, 4) is 11.4 Å². The van der Waals surface area contributed by atoms with Gasteiger partial charge in [0.15, 0.2) is 5.75 Å². The molecule has 0 fully saturated rings. The molecule has 0 saturated carbocycles. The lowest BCUT2D eigenvalue weighted by Crippen LogP contribution is -2.23. The van der Waals surface area contributed by atoms with Crippen LogP contribution in [-0.2, 0) is 0 Å². The molecule has 2 rings (SSSR count). The van der Waals surface area contributed by atoms with Gasteiger partial charge in [0, 0.05) is 10.5 Å². The fraction of sp³-hybridized carbons (Fsp3) is 0. The number of hydrogen-bond acceptors (Lipinski definition) is 4. The summed E-state index contributed by atoms with van der Waals surface area (Å²) >= 11 is 3.24. The Hall–Kier alpha value is -2.15. The average molecular weight is 311 g/mol. The Labute approximate surface area is 109 Å². The van der Waals surface area contributed by atoms with Gasteiger partial charge in [-0.1, -0.05) is 15.9 Å². The van der Waals surface area contributed by atoms with E-state index in [4.69, 9.17) is 5.11 Å². The van der Waals surface area contributed by atoms with Crippen LogP contribution in [0.5, 0.6) is 5.75 Å². The third-order valence-electron chi connectivity index (χ3n) is 2.19. The zero-order chi connectivity index (χ0) is 13.3. The van der Waals surface area contributed by atoms with Gasteiger partial charge in [-0.3, -0.25) is 4.79 Å². The molecule has 0 saturated heterocycles. The molecular weight excluding hydrogens is 304 g/mol. The number of carboxylic acids is 1. The molecule has 0 aliphatic heterocycles. The van der Waals surface area contributed by atoms with E-state index in [1.807, 2.05) is 0 Å². The molecule has 92 valence electrons. The molecule has 0 radical (unpaired) electrons. The van der Waals surface area contributed by atoms with E-state index in [0.717, 1.165) is 15.2 Å². The van der Waals surface area contributed by atoms with Gasteiger partial charge < -0.3 is 10.2 Å². The fourth-order valence-corrected chi connectivity index (χ4v) is 1.63. The number of hydrogen-bond donors (Lipinski definition) is 2.